The van der Waals surface area contributed by atoms with Gasteiger partial charge in [-0.05, 0) is 36.5 Å². The van der Waals surface area contributed by atoms with Crippen molar-refractivity contribution >= 4 is 39.0 Å². The first kappa shape index (κ1) is 25.4. The molecule has 1 fully saturated rings. The molecule has 0 spiro atoms. The smallest absolute Gasteiger partial charge is 0.260 e. The predicted molar refractivity (Wildman–Crippen MR) is 142 cm³/mol. The Kier molecular flexibility index (Phi) is 8.56. The maximum Gasteiger partial charge on any atom is 0.260 e. The van der Waals surface area contributed by atoms with E-state index in [0.29, 0.717) is 36.4 Å². The van der Waals surface area contributed by atoms with Crippen LogP contribution in [0.2, 0.25) is 0 Å². The maximum atomic E-state index is 11.8. The largest absolute Gasteiger partial charge is 0.397 e. The summed E-state index contributed by atoms with van der Waals surface area (Å²) >= 11 is 1.28. The number of amides is 1. The summed E-state index contributed by atoms with van der Waals surface area (Å²) in [6, 6.07) is 12.4. The molecule has 1 aliphatic rings. The lowest BCUT2D eigenvalue weighted by molar-refractivity contribution is 0.0272. The monoisotopic (exact) mass is 497 g/mol. The van der Waals surface area contributed by atoms with Crippen LogP contribution < -0.4 is 21.7 Å². The molecule has 3 aromatic rings. The van der Waals surface area contributed by atoms with Gasteiger partial charge in [0.15, 0.2) is 0 Å². The number of primary amides is 1. The van der Waals surface area contributed by atoms with Crippen LogP contribution in [0.3, 0.4) is 0 Å². The first-order valence-electron chi connectivity index (χ1n) is 12.3. The number of carbonyl (C=O) groups excluding carboxylic acids is 1. The number of thiophene rings is 1. The summed E-state index contributed by atoms with van der Waals surface area (Å²) in [5.74, 6) is 0.417. The van der Waals surface area contributed by atoms with Crippen LogP contribution in [-0.4, -0.2) is 54.4 Å². The van der Waals surface area contributed by atoms with Crippen LogP contribution in [0.4, 0.5) is 11.5 Å². The van der Waals surface area contributed by atoms with Crippen molar-refractivity contribution in [3.8, 4) is 0 Å². The zero-order chi connectivity index (χ0) is 24.8. The summed E-state index contributed by atoms with van der Waals surface area (Å²) in [6.07, 6.45) is 3.22. The maximum absolute atomic E-state index is 11.8. The van der Waals surface area contributed by atoms with Gasteiger partial charge in [-0.2, -0.15) is 0 Å². The summed E-state index contributed by atoms with van der Waals surface area (Å²) in [4.78, 5) is 20.1. The lowest BCUT2D eigenvalue weighted by atomic mass is 10.0. The van der Waals surface area contributed by atoms with E-state index in [2.05, 4.69) is 23.2 Å². The molecular weight excluding hydrogens is 462 g/mol. The fraction of sp³-hybridized carbons (Fsp3) is 0.462. The Morgan fingerprint density at radius 1 is 1.31 bits per heavy atom. The fourth-order valence-corrected chi connectivity index (χ4v) is 5.55. The van der Waals surface area contributed by atoms with E-state index in [0.717, 1.165) is 65.9 Å². The number of nitrogens with one attached hydrogen (secondary N) is 1. The molecule has 1 aromatic carbocycles. The number of piperidine rings is 1. The number of nitrogen functional groups attached to an aromatic ring is 1. The Hall–Kier alpha value is -2.72. The highest BCUT2D eigenvalue weighted by atomic mass is 32.1. The van der Waals surface area contributed by atoms with Crippen LogP contribution >= 0.6 is 11.3 Å². The van der Waals surface area contributed by atoms with Crippen LogP contribution in [-0.2, 0) is 17.8 Å². The number of aliphatic hydroxyl groups excluding tert-OH is 1. The van der Waals surface area contributed by atoms with E-state index >= 15 is 0 Å². The van der Waals surface area contributed by atoms with Gasteiger partial charge in [0.2, 0.25) is 0 Å². The number of anilines is 2. The number of pyridine rings is 1. The number of rotatable bonds is 11. The second-order valence-corrected chi connectivity index (χ2v) is 10.1. The Bertz CT molecular complexity index is 1130. The number of hydrogen-bond acceptors (Lipinski definition) is 8. The number of carbonyl (C=O) groups is 1. The van der Waals surface area contributed by atoms with Crippen LogP contribution in [0.15, 0.2) is 36.4 Å². The second kappa shape index (κ2) is 11.8. The lowest BCUT2D eigenvalue weighted by Crippen LogP contribution is -2.45. The molecule has 8 nitrogen and oxygen atoms in total. The van der Waals surface area contributed by atoms with Crippen molar-refractivity contribution in [3.05, 3.63) is 52.4 Å². The summed E-state index contributed by atoms with van der Waals surface area (Å²) in [5.41, 5.74) is 14.4. The third kappa shape index (κ3) is 6.29. The van der Waals surface area contributed by atoms with Crippen LogP contribution in [0, 0.1) is 0 Å². The van der Waals surface area contributed by atoms with Gasteiger partial charge in [-0.3, -0.25) is 4.79 Å². The molecule has 1 saturated heterocycles. The molecule has 188 valence electrons. The Morgan fingerprint density at radius 2 is 2.06 bits per heavy atom. The van der Waals surface area contributed by atoms with Crippen molar-refractivity contribution < 1.29 is 14.6 Å². The van der Waals surface area contributed by atoms with Gasteiger partial charge in [0.25, 0.3) is 5.91 Å². The van der Waals surface area contributed by atoms with Crippen molar-refractivity contribution in [2.24, 2.45) is 5.73 Å². The van der Waals surface area contributed by atoms with E-state index in [4.69, 9.17) is 21.2 Å². The molecule has 0 bridgehead atoms. The number of aryl methyl sites for hydroxylation is 1. The Balaban J connectivity index is 1.30. The summed E-state index contributed by atoms with van der Waals surface area (Å²) in [7, 11) is 0. The SMILES string of the molecule is CCCc1cc(N2CCC(NCC(O)COCc3ccccc3)CC2)nc2sc(C(N)=O)c(N)c12. The van der Waals surface area contributed by atoms with Gasteiger partial charge in [-0.1, -0.05) is 43.7 Å². The number of benzene rings is 1. The van der Waals surface area contributed by atoms with E-state index in [-0.39, 0.29) is 0 Å². The minimum atomic E-state index is -0.541. The number of nitrogens with zero attached hydrogens (tertiary/aromatic N) is 2. The molecule has 1 unspecified atom stereocenters. The average Bonchev–Trinajstić information content (AvgIpc) is 3.21. The van der Waals surface area contributed by atoms with Gasteiger partial charge < -0.3 is 31.5 Å². The minimum Gasteiger partial charge on any atom is -0.397 e. The van der Waals surface area contributed by atoms with Gasteiger partial charge in [-0.15, -0.1) is 11.3 Å². The van der Waals surface area contributed by atoms with Gasteiger partial charge in [-0.25, -0.2) is 4.98 Å². The zero-order valence-corrected chi connectivity index (χ0v) is 21.0. The van der Waals surface area contributed by atoms with Crippen molar-refractivity contribution in [2.45, 2.75) is 51.4 Å². The molecule has 4 rings (SSSR count). The molecular formula is C26H35N5O3S. The average molecular weight is 498 g/mol. The van der Waals surface area contributed by atoms with E-state index in [1.807, 2.05) is 30.3 Å². The van der Waals surface area contributed by atoms with E-state index < -0.39 is 12.0 Å². The quantitative estimate of drug-likeness (QED) is 0.321. The molecule has 1 aliphatic heterocycles. The molecule has 1 amide bonds. The van der Waals surface area contributed by atoms with Gasteiger partial charge in [0.1, 0.15) is 15.5 Å². The minimum absolute atomic E-state index is 0.308. The first-order chi connectivity index (χ1) is 17.0. The molecule has 0 radical (unpaired) electrons. The molecule has 2 aromatic heterocycles. The molecule has 0 saturated carbocycles. The number of ether oxygens (including phenoxy) is 1. The highest BCUT2D eigenvalue weighted by Crippen LogP contribution is 2.37. The van der Waals surface area contributed by atoms with Crippen molar-refractivity contribution in [1.82, 2.24) is 10.3 Å². The molecule has 3 heterocycles. The third-order valence-electron chi connectivity index (χ3n) is 6.39. The molecule has 6 N–H and O–H groups in total. The second-order valence-electron chi connectivity index (χ2n) is 9.10. The standard InChI is InChI=1S/C26H35N5O3S/c1-2-6-18-13-21(30-26-22(18)23(27)24(35-26)25(28)33)31-11-9-19(10-12-31)29-14-20(32)16-34-15-17-7-4-3-5-8-17/h3-5,7-8,13,19-20,29,32H,2,6,9-12,14-16,27H2,1H3,(H2,28,33). The van der Waals surface area contributed by atoms with Crippen molar-refractivity contribution in [2.75, 3.05) is 36.9 Å². The zero-order valence-electron chi connectivity index (χ0n) is 20.2. The normalized spacial score (nSPS) is 15.5. The Morgan fingerprint density at radius 3 is 2.74 bits per heavy atom. The van der Waals surface area contributed by atoms with Crippen LogP contribution in [0.25, 0.3) is 10.2 Å². The van der Waals surface area contributed by atoms with Gasteiger partial charge in [0, 0.05) is 31.1 Å². The van der Waals surface area contributed by atoms with Crippen LogP contribution in [0.5, 0.6) is 0 Å². The Labute approximate surface area is 210 Å². The topological polar surface area (TPSA) is 127 Å². The molecule has 9 heteroatoms. The first-order valence-corrected chi connectivity index (χ1v) is 13.1. The summed E-state index contributed by atoms with van der Waals surface area (Å²) in [5, 5.41) is 14.6. The fourth-order valence-electron chi connectivity index (χ4n) is 4.56. The van der Waals surface area contributed by atoms with E-state index in [9.17, 15) is 9.90 Å². The van der Waals surface area contributed by atoms with E-state index in [1.165, 1.54) is 11.3 Å². The lowest BCUT2D eigenvalue weighted by Gasteiger charge is -2.34. The molecule has 0 aliphatic carbocycles. The number of aromatic nitrogens is 1. The number of fused-ring (bicyclic) bond motifs is 1. The molecule has 1 atom stereocenters. The highest BCUT2D eigenvalue weighted by Gasteiger charge is 2.24. The van der Waals surface area contributed by atoms with Crippen LogP contribution in [0.1, 0.15) is 47.0 Å². The van der Waals surface area contributed by atoms with E-state index in [1.54, 1.807) is 0 Å². The summed E-state index contributed by atoms with van der Waals surface area (Å²) in [6.45, 7) is 5.18. The highest BCUT2D eigenvalue weighted by molar-refractivity contribution is 7.21. The predicted octanol–water partition coefficient (Wildman–Crippen LogP) is 3.07. The third-order valence-corrected chi connectivity index (χ3v) is 7.51. The number of hydrogen-bond donors (Lipinski definition) is 4. The van der Waals surface area contributed by atoms with Crippen molar-refractivity contribution in [1.29, 1.82) is 0 Å². The van der Waals surface area contributed by atoms with Crippen molar-refractivity contribution in [3.63, 3.8) is 0 Å². The van der Waals surface area contributed by atoms with Gasteiger partial charge in [0.05, 0.1) is 25.0 Å². The van der Waals surface area contributed by atoms with Gasteiger partial charge >= 0.3 is 0 Å². The number of aliphatic hydroxyl groups is 1. The summed E-state index contributed by atoms with van der Waals surface area (Å²) < 4.78 is 5.64. The molecule has 35 heavy (non-hydrogen) atoms. The number of nitrogens with two attached hydrogens (primary N) is 2.